The summed E-state index contributed by atoms with van der Waals surface area (Å²) in [5, 5.41) is 0. The number of rotatable bonds is 11. The molecule has 0 N–H and O–H groups in total. The van der Waals surface area contributed by atoms with Gasteiger partial charge in [-0.15, -0.1) is 0 Å². The van der Waals surface area contributed by atoms with Crippen molar-refractivity contribution in [3.63, 3.8) is 0 Å². The third-order valence-corrected chi connectivity index (χ3v) is 10.00. The summed E-state index contributed by atoms with van der Waals surface area (Å²) in [4.78, 5) is 0. The second-order valence-electron chi connectivity index (χ2n) is 13.7. The lowest BCUT2D eigenvalue weighted by atomic mass is 9.94. The highest BCUT2D eigenvalue weighted by molar-refractivity contribution is 5.94. The van der Waals surface area contributed by atoms with Crippen LogP contribution in [0.3, 0.4) is 0 Å². The van der Waals surface area contributed by atoms with Gasteiger partial charge in [-0.25, -0.2) is 0 Å². The van der Waals surface area contributed by atoms with Gasteiger partial charge in [0.15, 0.2) is 0 Å². The molecule has 0 fully saturated rings. The summed E-state index contributed by atoms with van der Waals surface area (Å²) in [6, 6.07) is 77.3. The quantitative estimate of drug-likeness (QED) is 0.117. The molecule has 0 saturated carbocycles. The molecule has 0 aliphatic heterocycles. The topological polar surface area (TPSA) is 0 Å². The highest BCUT2D eigenvalue weighted by atomic mass is 14.1. The van der Waals surface area contributed by atoms with Gasteiger partial charge in [0.05, 0.1) is 0 Å². The average Bonchev–Trinajstić information content (AvgIpc) is 3.28. The van der Waals surface area contributed by atoms with E-state index in [0.29, 0.717) is 0 Å². The molecule has 0 atom stereocenters. The molecule has 8 aromatic carbocycles. The van der Waals surface area contributed by atoms with E-state index in [4.69, 9.17) is 0 Å². The monoisotopic (exact) mass is 714 g/mol. The molecule has 0 heterocycles. The molecule has 0 unspecified atom stereocenters. The Hall–Kier alpha value is -7.28. The second-order valence-corrected chi connectivity index (χ2v) is 13.7. The lowest BCUT2D eigenvalue weighted by Gasteiger charge is -2.10. The molecule has 0 aliphatic carbocycles. The van der Waals surface area contributed by atoms with E-state index in [2.05, 4.69) is 255 Å². The van der Waals surface area contributed by atoms with Crippen LogP contribution in [0.4, 0.5) is 0 Å². The molecule has 0 spiro atoms. The zero-order chi connectivity index (χ0) is 37.8. The Morgan fingerprint density at radius 3 is 0.804 bits per heavy atom. The van der Waals surface area contributed by atoms with Crippen LogP contribution < -0.4 is 0 Å². The van der Waals surface area contributed by atoms with Gasteiger partial charge >= 0.3 is 0 Å². The largest absolute Gasteiger partial charge is 0.0622 e. The van der Waals surface area contributed by atoms with E-state index < -0.39 is 0 Å². The Balaban J connectivity index is 0.984. The van der Waals surface area contributed by atoms with Crippen LogP contribution in [0.1, 0.15) is 55.6 Å². The normalized spacial score (nSPS) is 11.1. The Morgan fingerprint density at radius 1 is 0.232 bits per heavy atom. The van der Waals surface area contributed by atoms with Crippen molar-refractivity contribution in [3.05, 3.63) is 274 Å². The molecule has 8 aromatic rings. The fourth-order valence-electron chi connectivity index (χ4n) is 6.98. The average molecular weight is 715 g/mol. The smallest absolute Gasteiger partial charge is 0.0105 e. The standard InChI is InChI=1S/C56H42/c1-5-19-49(20-6-1)55(50-21-7-2-8-22-50)41-53-27-15-13-17-45(53)35-29-43-31-37-47(38-32-43)48-39-33-44(34-40-48)30-36-46-18-14-16-28-54(46)42-56(51-23-9-3-10-24-51)52-25-11-4-12-26-52/h1-42H/b35-29-,36-30?. The first-order chi connectivity index (χ1) is 27.8. The highest BCUT2D eigenvalue weighted by Gasteiger charge is 2.08. The van der Waals surface area contributed by atoms with Crippen LogP contribution in [0.5, 0.6) is 0 Å². The fourth-order valence-corrected chi connectivity index (χ4v) is 6.98. The van der Waals surface area contributed by atoms with Crippen molar-refractivity contribution in [3.8, 4) is 11.1 Å². The number of hydrogen-bond acceptors (Lipinski definition) is 0. The summed E-state index contributed by atoms with van der Waals surface area (Å²) in [5.74, 6) is 0. The maximum atomic E-state index is 2.30. The zero-order valence-corrected chi connectivity index (χ0v) is 31.2. The third-order valence-electron chi connectivity index (χ3n) is 10.00. The van der Waals surface area contributed by atoms with Gasteiger partial charge in [0.1, 0.15) is 0 Å². The molecular formula is C56H42. The SMILES string of the molecule is C(=Cc1ccccc1C=C(c1ccccc1)c1ccccc1)c1ccc(-c2ccc(/C=C\c3ccccc3C=C(c3ccccc3)c3ccccc3)cc2)cc1. The first kappa shape index (κ1) is 35.7. The minimum Gasteiger partial charge on any atom is -0.0622 e. The van der Waals surface area contributed by atoms with Gasteiger partial charge in [-0.05, 0) is 90.1 Å². The van der Waals surface area contributed by atoms with Crippen LogP contribution in [0.25, 0.3) is 58.7 Å². The maximum absolute atomic E-state index is 2.30. The minimum atomic E-state index is 1.16. The van der Waals surface area contributed by atoms with Crippen molar-refractivity contribution in [1.82, 2.24) is 0 Å². The van der Waals surface area contributed by atoms with Crippen LogP contribution in [-0.4, -0.2) is 0 Å². The Kier molecular flexibility index (Phi) is 11.3. The van der Waals surface area contributed by atoms with Crippen molar-refractivity contribution < 1.29 is 0 Å². The summed E-state index contributed by atoms with van der Waals surface area (Å²) < 4.78 is 0. The highest BCUT2D eigenvalue weighted by Crippen LogP contribution is 2.30. The van der Waals surface area contributed by atoms with Gasteiger partial charge in [-0.3, -0.25) is 0 Å². The molecule has 0 amide bonds. The van der Waals surface area contributed by atoms with Crippen LogP contribution in [0, 0.1) is 0 Å². The van der Waals surface area contributed by atoms with E-state index in [9.17, 15) is 0 Å². The van der Waals surface area contributed by atoms with Gasteiger partial charge in [0.25, 0.3) is 0 Å². The summed E-state index contributed by atoms with van der Waals surface area (Å²) in [7, 11) is 0. The lowest BCUT2D eigenvalue weighted by molar-refractivity contribution is 1.54. The van der Waals surface area contributed by atoms with Crippen molar-refractivity contribution in [2.24, 2.45) is 0 Å². The van der Waals surface area contributed by atoms with E-state index >= 15 is 0 Å². The first-order valence-corrected chi connectivity index (χ1v) is 19.2. The fraction of sp³-hybridized carbons (Fsp3) is 0. The van der Waals surface area contributed by atoms with Gasteiger partial charge < -0.3 is 0 Å². The molecule has 56 heavy (non-hydrogen) atoms. The predicted octanol–water partition coefficient (Wildman–Crippen LogP) is 14.9. The van der Waals surface area contributed by atoms with Crippen molar-refractivity contribution >= 4 is 47.6 Å². The Labute approximate surface area is 331 Å². The maximum Gasteiger partial charge on any atom is -0.0105 e. The number of hydrogen-bond donors (Lipinski definition) is 0. The molecule has 0 aromatic heterocycles. The third kappa shape index (κ3) is 8.91. The second kappa shape index (κ2) is 17.7. The molecule has 266 valence electrons. The number of benzene rings is 8. The summed E-state index contributed by atoms with van der Waals surface area (Å²) in [6.07, 6.45) is 13.4. The van der Waals surface area contributed by atoms with Crippen LogP contribution in [-0.2, 0) is 0 Å². The molecule has 0 radical (unpaired) electrons. The predicted molar refractivity (Wildman–Crippen MR) is 242 cm³/mol. The van der Waals surface area contributed by atoms with E-state index in [0.717, 1.165) is 11.1 Å². The molecule has 0 saturated heterocycles. The van der Waals surface area contributed by atoms with Gasteiger partial charge in [-0.2, -0.15) is 0 Å². The Bertz CT molecular complexity index is 2340. The molecular weight excluding hydrogens is 673 g/mol. The van der Waals surface area contributed by atoms with Gasteiger partial charge in [0, 0.05) is 0 Å². The summed E-state index contributed by atoms with van der Waals surface area (Å²) in [6.45, 7) is 0. The summed E-state index contributed by atoms with van der Waals surface area (Å²) in [5.41, 5.74) is 16.6. The van der Waals surface area contributed by atoms with Crippen LogP contribution >= 0.6 is 0 Å². The molecule has 0 bridgehead atoms. The summed E-state index contributed by atoms with van der Waals surface area (Å²) >= 11 is 0. The molecule has 0 heteroatoms. The van der Waals surface area contributed by atoms with Crippen molar-refractivity contribution in [1.29, 1.82) is 0 Å². The lowest BCUT2D eigenvalue weighted by Crippen LogP contribution is -1.89. The van der Waals surface area contributed by atoms with Crippen molar-refractivity contribution in [2.45, 2.75) is 0 Å². The van der Waals surface area contributed by atoms with E-state index in [1.165, 1.54) is 66.8 Å². The molecule has 8 rings (SSSR count). The van der Waals surface area contributed by atoms with Crippen molar-refractivity contribution in [2.75, 3.05) is 0 Å². The van der Waals surface area contributed by atoms with Gasteiger partial charge in [0.2, 0.25) is 0 Å². The Morgan fingerprint density at radius 2 is 0.500 bits per heavy atom. The van der Waals surface area contributed by atoms with Crippen LogP contribution in [0.2, 0.25) is 0 Å². The zero-order valence-electron chi connectivity index (χ0n) is 31.2. The van der Waals surface area contributed by atoms with E-state index in [1.54, 1.807) is 0 Å². The van der Waals surface area contributed by atoms with E-state index in [-0.39, 0.29) is 0 Å². The van der Waals surface area contributed by atoms with E-state index in [1.807, 2.05) is 0 Å². The molecule has 0 aliphatic rings. The first-order valence-electron chi connectivity index (χ1n) is 19.2. The van der Waals surface area contributed by atoms with Crippen LogP contribution in [0.15, 0.2) is 218 Å². The molecule has 0 nitrogen and oxygen atoms in total. The minimum absolute atomic E-state index is 1.16. The van der Waals surface area contributed by atoms with Gasteiger partial charge in [-0.1, -0.05) is 243 Å².